The van der Waals surface area contributed by atoms with E-state index in [0.29, 0.717) is 19.4 Å². The second-order valence-electron chi connectivity index (χ2n) is 5.15. The third-order valence-electron chi connectivity index (χ3n) is 3.77. The van der Waals surface area contributed by atoms with Gasteiger partial charge in [0, 0.05) is 23.7 Å². The highest BCUT2D eigenvalue weighted by Crippen LogP contribution is 2.31. The van der Waals surface area contributed by atoms with Gasteiger partial charge < -0.3 is 4.74 Å². The monoisotopic (exact) mass is 292 g/mol. The Labute approximate surface area is 113 Å². The van der Waals surface area contributed by atoms with Gasteiger partial charge in [0.15, 0.2) is 5.78 Å². The molecule has 0 aromatic heterocycles. The van der Waals surface area contributed by atoms with E-state index in [-0.39, 0.29) is 23.1 Å². The number of hydrogen-bond donors (Lipinski definition) is 0. The normalized spacial score (nSPS) is 34.2. The molecule has 18 heavy (non-hydrogen) atoms. The molecule has 0 aromatic rings. The first-order valence-corrected chi connectivity index (χ1v) is 9.51. The summed E-state index contributed by atoms with van der Waals surface area (Å²) < 4.78 is 28.7. The summed E-state index contributed by atoms with van der Waals surface area (Å²) in [5.74, 6) is 1.66. The number of thioether (sulfide) groups is 1. The number of rotatable bonds is 3. The van der Waals surface area contributed by atoms with Gasteiger partial charge in [0.1, 0.15) is 15.9 Å². The number of ketones is 1. The molecule has 4 nitrogen and oxygen atoms in total. The largest absolute Gasteiger partial charge is 0.369 e. The van der Waals surface area contributed by atoms with Crippen molar-refractivity contribution >= 4 is 27.4 Å². The molecule has 0 amide bonds. The minimum Gasteiger partial charge on any atom is -0.369 e. The zero-order valence-corrected chi connectivity index (χ0v) is 12.3. The Bertz CT molecular complexity index is 398. The molecule has 1 aliphatic heterocycles. The fourth-order valence-electron chi connectivity index (χ4n) is 2.71. The van der Waals surface area contributed by atoms with Gasteiger partial charge in [0.05, 0.1) is 11.9 Å². The SMILES string of the molecule is CS(=O)(=O)C1CCCC(C(=O)C2CSCCO2)C1. The van der Waals surface area contributed by atoms with E-state index < -0.39 is 9.84 Å². The highest BCUT2D eigenvalue weighted by Gasteiger charge is 2.36. The summed E-state index contributed by atoms with van der Waals surface area (Å²) in [7, 11) is -3.02. The van der Waals surface area contributed by atoms with Crippen LogP contribution in [0, 0.1) is 5.92 Å². The minimum atomic E-state index is -3.02. The van der Waals surface area contributed by atoms with Gasteiger partial charge in [-0.3, -0.25) is 4.79 Å². The molecule has 1 saturated carbocycles. The van der Waals surface area contributed by atoms with Crippen LogP contribution in [0.4, 0.5) is 0 Å². The number of sulfone groups is 1. The van der Waals surface area contributed by atoms with Gasteiger partial charge in [-0.25, -0.2) is 8.42 Å². The summed E-state index contributed by atoms with van der Waals surface area (Å²) in [6.07, 6.45) is 3.79. The topological polar surface area (TPSA) is 60.4 Å². The average molecular weight is 292 g/mol. The molecule has 2 rings (SSSR count). The molecule has 104 valence electrons. The molecule has 0 bridgehead atoms. The second-order valence-corrected chi connectivity index (χ2v) is 8.63. The van der Waals surface area contributed by atoms with Crippen LogP contribution in [0.5, 0.6) is 0 Å². The third kappa shape index (κ3) is 3.48. The van der Waals surface area contributed by atoms with Crippen molar-refractivity contribution in [2.24, 2.45) is 5.92 Å². The minimum absolute atomic E-state index is 0.121. The predicted molar refractivity (Wildman–Crippen MR) is 72.7 cm³/mol. The Morgan fingerprint density at radius 3 is 2.72 bits per heavy atom. The Hall–Kier alpha value is -0.0700. The van der Waals surface area contributed by atoms with Crippen LogP contribution in [0.1, 0.15) is 25.7 Å². The first kappa shape index (κ1) is 14.3. The number of carbonyl (C=O) groups is 1. The zero-order chi connectivity index (χ0) is 13.2. The molecule has 2 fully saturated rings. The zero-order valence-electron chi connectivity index (χ0n) is 10.6. The summed E-state index contributed by atoms with van der Waals surface area (Å²) in [4.78, 5) is 12.3. The van der Waals surface area contributed by atoms with E-state index in [1.54, 1.807) is 11.8 Å². The first-order chi connectivity index (χ1) is 8.48. The van der Waals surface area contributed by atoms with Crippen LogP contribution in [0.2, 0.25) is 0 Å². The van der Waals surface area contributed by atoms with E-state index in [1.807, 2.05) is 0 Å². The third-order valence-corrected chi connectivity index (χ3v) is 6.40. The summed E-state index contributed by atoms with van der Waals surface area (Å²) in [5.41, 5.74) is 0. The number of hydrogen-bond acceptors (Lipinski definition) is 5. The maximum absolute atomic E-state index is 12.3. The standard InChI is InChI=1S/C12H20O4S2/c1-18(14,15)10-4-2-3-9(7-10)12(13)11-8-17-6-5-16-11/h9-11H,2-8H2,1H3. The molecular formula is C12H20O4S2. The van der Waals surface area contributed by atoms with Gasteiger partial charge in [-0.05, 0) is 19.3 Å². The van der Waals surface area contributed by atoms with E-state index in [9.17, 15) is 13.2 Å². The maximum Gasteiger partial charge on any atom is 0.165 e. The van der Waals surface area contributed by atoms with Crippen molar-refractivity contribution < 1.29 is 17.9 Å². The van der Waals surface area contributed by atoms with Crippen LogP contribution >= 0.6 is 11.8 Å². The van der Waals surface area contributed by atoms with Crippen LogP contribution in [0.15, 0.2) is 0 Å². The summed E-state index contributed by atoms with van der Waals surface area (Å²) in [6.45, 7) is 0.628. The van der Waals surface area contributed by atoms with Gasteiger partial charge in [-0.2, -0.15) is 11.8 Å². The van der Waals surface area contributed by atoms with Gasteiger partial charge in [0.2, 0.25) is 0 Å². The van der Waals surface area contributed by atoms with Crippen molar-refractivity contribution in [1.29, 1.82) is 0 Å². The first-order valence-electron chi connectivity index (χ1n) is 6.40. The van der Waals surface area contributed by atoms with E-state index in [0.717, 1.165) is 24.3 Å². The Kier molecular flexibility index (Phi) is 4.72. The van der Waals surface area contributed by atoms with Crippen LogP contribution < -0.4 is 0 Å². The van der Waals surface area contributed by atoms with Crippen molar-refractivity contribution in [2.45, 2.75) is 37.0 Å². The highest BCUT2D eigenvalue weighted by molar-refractivity contribution is 7.99. The number of Topliss-reactive ketones (excluding diaryl/α,β-unsaturated/α-hetero) is 1. The lowest BCUT2D eigenvalue weighted by Crippen LogP contribution is -2.39. The molecule has 0 aromatic carbocycles. The lowest BCUT2D eigenvalue weighted by atomic mass is 9.84. The smallest absolute Gasteiger partial charge is 0.165 e. The summed E-state index contributed by atoms with van der Waals surface area (Å²) in [5, 5.41) is -0.337. The van der Waals surface area contributed by atoms with E-state index in [2.05, 4.69) is 0 Å². The van der Waals surface area contributed by atoms with Gasteiger partial charge in [-0.1, -0.05) is 6.42 Å². The van der Waals surface area contributed by atoms with Crippen LogP contribution in [0.25, 0.3) is 0 Å². The van der Waals surface area contributed by atoms with Crippen molar-refractivity contribution in [2.75, 3.05) is 24.4 Å². The lowest BCUT2D eigenvalue weighted by Gasteiger charge is -2.30. The number of ether oxygens (including phenoxy) is 1. The van der Waals surface area contributed by atoms with Crippen LogP contribution in [-0.4, -0.2) is 49.9 Å². The van der Waals surface area contributed by atoms with Crippen molar-refractivity contribution in [3.63, 3.8) is 0 Å². The maximum atomic E-state index is 12.3. The molecule has 1 aliphatic carbocycles. The summed E-state index contributed by atoms with van der Waals surface area (Å²) >= 11 is 1.74. The highest BCUT2D eigenvalue weighted by atomic mass is 32.2. The van der Waals surface area contributed by atoms with Crippen molar-refractivity contribution in [3.05, 3.63) is 0 Å². The van der Waals surface area contributed by atoms with Crippen molar-refractivity contribution in [3.8, 4) is 0 Å². The molecular weight excluding hydrogens is 272 g/mol. The number of carbonyl (C=O) groups excluding carboxylic acids is 1. The molecule has 0 N–H and O–H groups in total. The molecule has 3 atom stereocenters. The fourth-order valence-corrected chi connectivity index (χ4v) is 4.74. The molecule has 0 spiro atoms. The molecule has 0 radical (unpaired) electrons. The molecule has 2 aliphatic rings. The van der Waals surface area contributed by atoms with Crippen molar-refractivity contribution in [1.82, 2.24) is 0 Å². The van der Waals surface area contributed by atoms with E-state index in [1.165, 1.54) is 6.26 Å². The average Bonchev–Trinajstić information content (AvgIpc) is 2.38. The van der Waals surface area contributed by atoms with Gasteiger partial charge >= 0.3 is 0 Å². The Morgan fingerprint density at radius 1 is 1.33 bits per heavy atom. The summed E-state index contributed by atoms with van der Waals surface area (Å²) in [6, 6.07) is 0. The molecule has 6 heteroatoms. The molecule has 1 heterocycles. The second kappa shape index (κ2) is 5.92. The van der Waals surface area contributed by atoms with E-state index in [4.69, 9.17) is 4.74 Å². The Balaban J connectivity index is 1.97. The van der Waals surface area contributed by atoms with Gasteiger partial charge in [0.25, 0.3) is 0 Å². The molecule has 1 saturated heterocycles. The van der Waals surface area contributed by atoms with Crippen LogP contribution in [-0.2, 0) is 19.4 Å². The van der Waals surface area contributed by atoms with Crippen LogP contribution in [0.3, 0.4) is 0 Å². The Morgan fingerprint density at radius 2 is 2.11 bits per heavy atom. The van der Waals surface area contributed by atoms with Gasteiger partial charge in [-0.15, -0.1) is 0 Å². The lowest BCUT2D eigenvalue weighted by molar-refractivity contribution is -0.134. The quantitative estimate of drug-likeness (QED) is 0.784. The fraction of sp³-hybridized carbons (Fsp3) is 0.917. The van der Waals surface area contributed by atoms with E-state index >= 15 is 0 Å². The predicted octanol–water partition coefficient (Wildman–Crippen LogP) is 1.29. The molecule has 3 unspecified atom stereocenters.